The van der Waals surface area contributed by atoms with E-state index in [2.05, 4.69) is 18.7 Å². The second kappa shape index (κ2) is 4.97. The average Bonchev–Trinajstić information content (AvgIpc) is 2.64. The quantitative estimate of drug-likeness (QED) is 0.823. The van der Waals surface area contributed by atoms with Crippen molar-refractivity contribution in [1.29, 1.82) is 0 Å². The first kappa shape index (κ1) is 12.9. The summed E-state index contributed by atoms with van der Waals surface area (Å²) in [5, 5.41) is 8.85. The average molecular weight is 239 g/mol. The number of carboxylic acids is 1. The summed E-state index contributed by atoms with van der Waals surface area (Å²) in [6.07, 6.45) is 6.73. The normalized spacial score (nSPS) is 33.8. The third-order valence-electron chi connectivity index (χ3n) is 4.67. The van der Waals surface area contributed by atoms with E-state index >= 15 is 0 Å². The second-order valence-electron chi connectivity index (χ2n) is 6.50. The Morgan fingerprint density at radius 2 is 2.12 bits per heavy atom. The zero-order chi connectivity index (χ0) is 12.5. The molecule has 1 aliphatic heterocycles. The van der Waals surface area contributed by atoms with Gasteiger partial charge < -0.3 is 5.11 Å². The maximum atomic E-state index is 10.7. The second-order valence-corrected chi connectivity index (χ2v) is 6.50. The fourth-order valence-electron chi connectivity index (χ4n) is 3.71. The predicted molar refractivity (Wildman–Crippen MR) is 68.0 cm³/mol. The lowest BCUT2D eigenvalue weighted by Gasteiger charge is -2.44. The number of carbonyl (C=O) groups is 1. The van der Waals surface area contributed by atoms with Crippen LogP contribution in [0.2, 0.25) is 0 Å². The van der Waals surface area contributed by atoms with E-state index < -0.39 is 5.97 Å². The van der Waals surface area contributed by atoms with Gasteiger partial charge in [0, 0.05) is 19.0 Å². The first-order chi connectivity index (χ1) is 7.99. The molecule has 0 amide bonds. The molecular weight excluding hydrogens is 214 g/mol. The summed E-state index contributed by atoms with van der Waals surface area (Å²) >= 11 is 0. The van der Waals surface area contributed by atoms with Crippen molar-refractivity contribution in [2.75, 3.05) is 13.1 Å². The number of carboxylic acid groups (broad SMARTS) is 1. The molecular formula is C14H25NO2. The molecule has 2 fully saturated rings. The Kier molecular flexibility index (Phi) is 3.76. The highest BCUT2D eigenvalue weighted by Crippen LogP contribution is 2.40. The zero-order valence-corrected chi connectivity index (χ0v) is 11.1. The van der Waals surface area contributed by atoms with Crippen molar-refractivity contribution in [2.24, 2.45) is 11.3 Å². The van der Waals surface area contributed by atoms with Crippen LogP contribution < -0.4 is 0 Å². The Balaban J connectivity index is 1.93. The lowest BCUT2D eigenvalue weighted by molar-refractivity contribution is -0.138. The molecule has 98 valence electrons. The number of aliphatic carboxylic acids is 1. The summed E-state index contributed by atoms with van der Waals surface area (Å²) in [5.41, 5.74) is 0.413. The highest BCUT2D eigenvalue weighted by atomic mass is 16.4. The van der Waals surface area contributed by atoms with Crippen LogP contribution in [0, 0.1) is 11.3 Å². The minimum atomic E-state index is -0.639. The molecule has 2 atom stereocenters. The van der Waals surface area contributed by atoms with E-state index in [0.29, 0.717) is 23.8 Å². The van der Waals surface area contributed by atoms with E-state index in [0.717, 1.165) is 19.5 Å². The smallest absolute Gasteiger partial charge is 0.303 e. The number of rotatable bonds is 3. The third kappa shape index (κ3) is 3.01. The number of likely N-dealkylation sites (tertiary alicyclic amines) is 1. The van der Waals surface area contributed by atoms with E-state index in [4.69, 9.17) is 5.11 Å². The van der Waals surface area contributed by atoms with E-state index in [9.17, 15) is 4.79 Å². The van der Waals surface area contributed by atoms with Gasteiger partial charge in [0.15, 0.2) is 0 Å². The molecule has 0 radical (unpaired) electrons. The van der Waals surface area contributed by atoms with Gasteiger partial charge in [0.25, 0.3) is 0 Å². The van der Waals surface area contributed by atoms with Gasteiger partial charge in [0.2, 0.25) is 0 Å². The first-order valence-corrected chi connectivity index (χ1v) is 6.95. The van der Waals surface area contributed by atoms with Crippen LogP contribution in [0.15, 0.2) is 0 Å². The highest BCUT2D eigenvalue weighted by Gasteiger charge is 2.39. The van der Waals surface area contributed by atoms with Crippen molar-refractivity contribution in [3.05, 3.63) is 0 Å². The monoisotopic (exact) mass is 239 g/mol. The van der Waals surface area contributed by atoms with Gasteiger partial charge >= 0.3 is 5.97 Å². The van der Waals surface area contributed by atoms with Gasteiger partial charge in [-0.3, -0.25) is 9.69 Å². The van der Waals surface area contributed by atoms with Gasteiger partial charge in [-0.15, -0.1) is 0 Å². The molecule has 1 N–H and O–H groups in total. The SMILES string of the molecule is CC1(C)CCCCC1N1CCC(CC(=O)O)C1. The fraction of sp³-hybridized carbons (Fsp3) is 0.929. The van der Waals surface area contributed by atoms with Crippen LogP contribution in [-0.2, 0) is 4.79 Å². The number of hydrogen-bond acceptors (Lipinski definition) is 2. The third-order valence-corrected chi connectivity index (χ3v) is 4.67. The van der Waals surface area contributed by atoms with Crippen molar-refractivity contribution < 1.29 is 9.90 Å². The maximum absolute atomic E-state index is 10.7. The molecule has 3 nitrogen and oxygen atoms in total. The largest absolute Gasteiger partial charge is 0.481 e. The molecule has 0 aromatic carbocycles. The lowest BCUT2D eigenvalue weighted by atomic mass is 9.72. The number of nitrogens with zero attached hydrogens (tertiary/aromatic N) is 1. The molecule has 17 heavy (non-hydrogen) atoms. The molecule has 2 rings (SSSR count). The van der Waals surface area contributed by atoms with Gasteiger partial charge in [-0.2, -0.15) is 0 Å². The molecule has 0 spiro atoms. The van der Waals surface area contributed by atoms with Crippen LogP contribution >= 0.6 is 0 Å². The molecule has 1 aliphatic carbocycles. The van der Waals surface area contributed by atoms with Crippen LogP contribution in [-0.4, -0.2) is 35.1 Å². The Labute approximate surface area is 104 Å². The van der Waals surface area contributed by atoms with Crippen LogP contribution in [0.3, 0.4) is 0 Å². The summed E-state index contributed by atoms with van der Waals surface area (Å²) < 4.78 is 0. The Morgan fingerprint density at radius 1 is 1.35 bits per heavy atom. The standard InChI is InChI=1S/C14H25NO2/c1-14(2)7-4-3-5-12(14)15-8-6-11(10-15)9-13(16)17/h11-12H,3-10H2,1-2H3,(H,16,17). The predicted octanol–water partition coefficient (Wildman–Crippen LogP) is 2.75. The van der Waals surface area contributed by atoms with Crippen molar-refractivity contribution >= 4 is 5.97 Å². The molecule has 1 saturated carbocycles. The van der Waals surface area contributed by atoms with Gasteiger partial charge in [-0.05, 0) is 37.1 Å². The van der Waals surface area contributed by atoms with Crippen molar-refractivity contribution in [2.45, 2.75) is 58.4 Å². The molecule has 0 aromatic rings. The van der Waals surface area contributed by atoms with Crippen molar-refractivity contribution in [1.82, 2.24) is 4.90 Å². The van der Waals surface area contributed by atoms with E-state index in [-0.39, 0.29) is 0 Å². The van der Waals surface area contributed by atoms with E-state index in [1.54, 1.807) is 0 Å². The van der Waals surface area contributed by atoms with Gasteiger partial charge in [0.1, 0.15) is 0 Å². The summed E-state index contributed by atoms with van der Waals surface area (Å²) in [6.45, 7) is 6.86. The van der Waals surface area contributed by atoms with Gasteiger partial charge in [0.05, 0.1) is 0 Å². The van der Waals surface area contributed by atoms with Crippen LogP contribution in [0.5, 0.6) is 0 Å². The molecule has 3 heteroatoms. The van der Waals surface area contributed by atoms with Crippen LogP contribution in [0.4, 0.5) is 0 Å². The van der Waals surface area contributed by atoms with E-state index in [1.807, 2.05) is 0 Å². The lowest BCUT2D eigenvalue weighted by Crippen LogP contribution is -2.46. The molecule has 0 aromatic heterocycles. The molecule has 2 aliphatic rings. The van der Waals surface area contributed by atoms with Gasteiger partial charge in [-0.1, -0.05) is 26.7 Å². The minimum Gasteiger partial charge on any atom is -0.481 e. The summed E-state index contributed by atoms with van der Waals surface area (Å²) in [4.78, 5) is 13.3. The summed E-state index contributed by atoms with van der Waals surface area (Å²) in [7, 11) is 0. The highest BCUT2D eigenvalue weighted by molar-refractivity contribution is 5.67. The fourth-order valence-corrected chi connectivity index (χ4v) is 3.71. The first-order valence-electron chi connectivity index (χ1n) is 6.95. The topological polar surface area (TPSA) is 40.5 Å². The number of hydrogen-bond donors (Lipinski definition) is 1. The minimum absolute atomic E-state index is 0.351. The summed E-state index contributed by atoms with van der Waals surface area (Å²) in [5.74, 6) is -0.259. The Hall–Kier alpha value is -0.570. The summed E-state index contributed by atoms with van der Waals surface area (Å²) in [6, 6.07) is 0.676. The Bertz CT molecular complexity index is 288. The van der Waals surface area contributed by atoms with Crippen LogP contribution in [0.25, 0.3) is 0 Å². The van der Waals surface area contributed by atoms with Crippen LogP contribution in [0.1, 0.15) is 52.4 Å². The van der Waals surface area contributed by atoms with Crippen molar-refractivity contribution in [3.63, 3.8) is 0 Å². The molecule has 0 bridgehead atoms. The zero-order valence-electron chi connectivity index (χ0n) is 11.1. The Morgan fingerprint density at radius 3 is 2.76 bits per heavy atom. The van der Waals surface area contributed by atoms with E-state index in [1.165, 1.54) is 25.7 Å². The van der Waals surface area contributed by atoms with Gasteiger partial charge in [-0.25, -0.2) is 0 Å². The molecule has 1 saturated heterocycles. The molecule has 1 heterocycles. The maximum Gasteiger partial charge on any atom is 0.303 e. The van der Waals surface area contributed by atoms with Crippen molar-refractivity contribution in [3.8, 4) is 0 Å². The molecule has 2 unspecified atom stereocenters.